The molecule has 0 bridgehead atoms. The van der Waals surface area contributed by atoms with E-state index in [-0.39, 0.29) is 30.4 Å². The van der Waals surface area contributed by atoms with E-state index in [1.807, 2.05) is 17.0 Å². The van der Waals surface area contributed by atoms with Crippen LogP contribution in [0.15, 0.2) is 54.9 Å². The summed E-state index contributed by atoms with van der Waals surface area (Å²) in [5.74, 6) is 1.95. The fourth-order valence-electron chi connectivity index (χ4n) is 4.69. The van der Waals surface area contributed by atoms with Gasteiger partial charge in [0.1, 0.15) is 5.82 Å². The number of rotatable bonds is 7. The first-order valence-corrected chi connectivity index (χ1v) is 11.5. The molecule has 2 heterocycles. The number of imidazole rings is 1. The van der Waals surface area contributed by atoms with Gasteiger partial charge in [-0.1, -0.05) is 30.3 Å². The van der Waals surface area contributed by atoms with Gasteiger partial charge in [0.25, 0.3) is 0 Å². The van der Waals surface area contributed by atoms with E-state index in [0.29, 0.717) is 37.4 Å². The first-order chi connectivity index (χ1) is 16.8. The quantitative estimate of drug-likeness (QED) is 0.475. The number of carbonyl (C=O) groups excluding carboxylic acids is 1. The third-order valence-corrected chi connectivity index (χ3v) is 6.45. The molecule has 0 saturated carbocycles. The van der Waals surface area contributed by atoms with Crippen molar-refractivity contribution in [3.05, 3.63) is 77.4 Å². The number of aromatic nitrogens is 2. The lowest BCUT2D eigenvalue weighted by molar-refractivity contribution is -0.138. The zero-order chi connectivity index (χ0) is 25.0. The summed E-state index contributed by atoms with van der Waals surface area (Å²) in [6, 6.07) is 11.1. The summed E-state index contributed by atoms with van der Waals surface area (Å²) in [5.41, 5.74) is 0.338. The van der Waals surface area contributed by atoms with Crippen LogP contribution in [0.25, 0.3) is 0 Å². The van der Waals surface area contributed by atoms with Crippen LogP contribution in [0.5, 0.6) is 11.5 Å². The predicted molar refractivity (Wildman–Crippen MR) is 125 cm³/mol. The highest BCUT2D eigenvalue weighted by Gasteiger charge is 2.33. The van der Waals surface area contributed by atoms with Gasteiger partial charge in [-0.15, -0.1) is 0 Å². The van der Waals surface area contributed by atoms with Crippen LogP contribution >= 0.6 is 0 Å². The number of carbonyl (C=O) groups is 1. The largest absolute Gasteiger partial charge is 0.493 e. The van der Waals surface area contributed by atoms with Crippen molar-refractivity contribution in [2.24, 2.45) is 0 Å². The van der Waals surface area contributed by atoms with E-state index < -0.39 is 11.7 Å². The molecule has 0 atom stereocenters. The van der Waals surface area contributed by atoms with E-state index in [4.69, 9.17) is 9.47 Å². The Hall–Kier alpha value is -3.49. The predicted octanol–water partition coefficient (Wildman–Crippen LogP) is 4.92. The number of alkyl halides is 3. The van der Waals surface area contributed by atoms with Crippen molar-refractivity contribution in [3.63, 3.8) is 0 Å². The molecule has 4 rings (SSSR count). The highest BCUT2D eigenvalue weighted by Crippen LogP contribution is 2.34. The van der Waals surface area contributed by atoms with Gasteiger partial charge < -0.3 is 18.9 Å². The van der Waals surface area contributed by atoms with E-state index in [1.54, 1.807) is 43.3 Å². The van der Waals surface area contributed by atoms with Crippen LogP contribution in [0.4, 0.5) is 13.2 Å². The lowest BCUT2D eigenvalue weighted by atomic mass is 9.95. The second kappa shape index (κ2) is 10.4. The average molecular weight is 488 g/mol. The summed E-state index contributed by atoms with van der Waals surface area (Å²) in [4.78, 5) is 19.2. The number of hydrogen-bond donors (Lipinski definition) is 0. The van der Waals surface area contributed by atoms with Crippen molar-refractivity contribution < 1.29 is 27.4 Å². The minimum atomic E-state index is -4.41. The number of benzene rings is 2. The molecule has 0 radical (unpaired) electrons. The minimum Gasteiger partial charge on any atom is -0.493 e. The van der Waals surface area contributed by atoms with E-state index >= 15 is 0 Å². The molecule has 0 spiro atoms. The molecule has 1 aliphatic heterocycles. The van der Waals surface area contributed by atoms with Gasteiger partial charge in [0.15, 0.2) is 11.5 Å². The Morgan fingerprint density at radius 1 is 1.03 bits per heavy atom. The maximum absolute atomic E-state index is 13.4. The first kappa shape index (κ1) is 24.6. The van der Waals surface area contributed by atoms with Crippen LogP contribution in [0.3, 0.4) is 0 Å². The van der Waals surface area contributed by atoms with Crippen LogP contribution < -0.4 is 9.47 Å². The molecule has 0 aliphatic carbocycles. The van der Waals surface area contributed by atoms with Crippen molar-refractivity contribution in [1.82, 2.24) is 14.5 Å². The summed E-state index contributed by atoms with van der Waals surface area (Å²) in [5, 5.41) is 0. The second-order valence-corrected chi connectivity index (χ2v) is 8.55. The smallest absolute Gasteiger partial charge is 0.416 e. The SMILES string of the molecule is COc1cccc(CC(=O)N2CCC(c3nccn3Cc3ccccc3C(F)(F)F)CC2)c1OC. The van der Waals surface area contributed by atoms with Gasteiger partial charge in [-0.2, -0.15) is 13.2 Å². The number of piperidine rings is 1. The zero-order valence-electron chi connectivity index (χ0n) is 19.7. The van der Waals surface area contributed by atoms with Gasteiger partial charge in [0, 0.05) is 43.5 Å². The highest BCUT2D eigenvalue weighted by atomic mass is 19.4. The number of halogens is 3. The maximum atomic E-state index is 13.4. The van der Waals surface area contributed by atoms with Crippen LogP contribution in [0.2, 0.25) is 0 Å². The standard InChI is InChI=1S/C26H28F3N3O3/c1-34-22-9-5-7-19(24(22)35-2)16-23(33)31-13-10-18(11-14-31)25-30-12-15-32(25)17-20-6-3-4-8-21(20)26(27,28)29/h3-9,12,15,18H,10-11,13-14,16-17H2,1-2H3. The molecule has 1 saturated heterocycles. The third kappa shape index (κ3) is 5.44. The number of hydrogen-bond acceptors (Lipinski definition) is 4. The molecule has 186 valence electrons. The highest BCUT2D eigenvalue weighted by molar-refractivity contribution is 5.80. The molecular weight excluding hydrogens is 459 g/mol. The fraction of sp³-hybridized carbons (Fsp3) is 0.385. The molecule has 9 heteroatoms. The summed E-state index contributed by atoms with van der Waals surface area (Å²) < 4.78 is 52.8. The average Bonchev–Trinajstić information content (AvgIpc) is 3.31. The van der Waals surface area contributed by atoms with E-state index in [9.17, 15) is 18.0 Å². The normalized spacial score (nSPS) is 14.7. The molecule has 0 N–H and O–H groups in total. The fourth-order valence-corrected chi connectivity index (χ4v) is 4.69. The van der Waals surface area contributed by atoms with Gasteiger partial charge in [0.2, 0.25) is 5.91 Å². The Kier molecular flexibility index (Phi) is 7.33. The summed E-state index contributed by atoms with van der Waals surface area (Å²) in [6.07, 6.45) is 0.521. The molecule has 3 aromatic rings. The van der Waals surface area contributed by atoms with E-state index in [1.165, 1.54) is 12.1 Å². The van der Waals surface area contributed by atoms with Crippen molar-refractivity contribution >= 4 is 5.91 Å². The Morgan fingerprint density at radius 3 is 2.43 bits per heavy atom. The third-order valence-electron chi connectivity index (χ3n) is 6.45. The lowest BCUT2D eigenvalue weighted by Crippen LogP contribution is -2.39. The Balaban J connectivity index is 1.41. The van der Waals surface area contributed by atoms with Crippen molar-refractivity contribution in [2.45, 2.75) is 37.9 Å². The van der Waals surface area contributed by atoms with Gasteiger partial charge in [-0.3, -0.25) is 4.79 Å². The minimum absolute atomic E-state index is 0.00236. The lowest BCUT2D eigenvalue weighted by Gasteiger charge is -2.32. The van der Waals surface area contributed by atoms with Gasteiger partial charge in [-0.25, -0.2) is 4.98 Å². The Bertz CT molecular complexity index is 1170. The molecule has 1 amide bonds. The molecule has 0 unspecified atom stereocenters. The van der Waals surface area contributed by atoms with Crippen molar-refractivity contribution in [2.75, 3.05) is 27.3 Å². The monoisotopic (exact) mass is 487 g/mol. The van der Waals surface area contributed by atoms with Crippen LogP contribution in [-0.4, -0.2) is 47.7 Å². The molecule has 1 aromatic heterocycles. The molecule has 1 fully saturated rings. The number of likely N-dealkylation sites (tertiary alicyclic amines) is 1. The van der Waals surface area contributed by atoms with Crippen LogP contribution in [-0.2, 0) is 23.9 Å². The molecule has 2 aromatic carbocycles. The number of nitrogens with zero attached hydrogens (tertiary/aromatic N) is 3. The number of methoxy groups -OCH3 is 2. The van der Waals surface area contributed by atoms with Gasteiger partial charge in [0.05, 0.1) is 26.2 Å². The second-order valence-electron chi connectivity index (χ2n) is 8.55. The molecule has 1 aliphatic rings. The first-order valence-electron chi connectivity index (χ1n) is 11.5. The van der Waals surface area contributed by atoms with Crippen molar-refractivity contribution in [1.29, 1.82) is 0 Å². The summed E-state index contributed by atoms with van der Waals surface area (Å²) in [6.45, 7) is 1.21. The van der Waals surface area contributed by atoms with E-state index in [2.05, 4.69) is 4.98 Å². The molecule has 35 heavy (non-hydrogen) atoms. The Labute approximate surface area is 202 Å². The number of ether oxygens (including phenoxy) is 2. The van der Waals surface area contributed by atoms with Crippen LogP contribution in [0, 0.1) is 0 Å². The number of para-hydroxylation sites is 1. The zero-order valence-corrected chi connectivity index (χ0v) is 19.7. The molecule has 6 nitrogen and oxygen atoms in total. The van der Waals surface area contributed by atoms with E-state index in [0.717, 1.165) is 17.5 Å². The molecular formula is C26H28F3N3O3. The summed E-state index contributed by atoms with van der Waals surface area (Å²) >= 11 is 0. The summed E-state index contributed by atoms with van der Waals surface area (Å²) in [7, 11) is 3.10. The Morgan fingerprint density at radius 2 is 1.74 bits per heavy atom. The maximum Gasteiger partial charge on any atom is 0.416 e. The number of amides is 1. The van der Waals surface area contributed by atoms with Gasteiger partial charge in [-0.05, 0) is 30.5 Å². The topological polar surface area (TPSA) is 56.6 Å². The van der Waals surface area contributed by atoms with Crippen molar-refractivity contribution in [3.8, 4) is 11.5 Å². The van der Waals surface area contributed by atoms with Crippen LogP contribution in [0.1, 0.15) is 41.3 Å². The van der Waals surface area contributed by atoms with Gasteiger partial charge >= 0.3 is 6.18 Å².